The average Bonchev–Trinajstić information content (AvgIpc) is 3.61. The molecule has 0 aliphatic carbocycles. The van der Waals surface area contributed by atoms with Gasteiger partial charge in [-0.05, 0) is 66.8 Å². The van der Waals surface area contributed by atoms with Gasteiger partial charge in [-0.15, -0.1) is 11.8 Å². The fourth-order valence-corrected chi connectivity index (χ4v) is 10.2. The number of likely N-dealkylation sites (tertiary alicyclic amines) is 1. The van der Waals surface area contributed by atoms with Crippen LogP contribution in [-0.2, 0) is 20.8 Å². The van der Waals surface area contributed by atoms with Crippen LogP contribution in [0.15, 0.2) is 103 Å². The molecule has 6 atom stereocenters. The second kappa shape index (κ2) is 11.1. The van der Waals surface area contributed by atoms with Crippen LogP contribution in [0.4, 0.5) is 11.4 Å². The van der Waals surface area contributed by atoms with E-state index < -0.39 is 33.4 Å². The Morgan fingerprint density at radius 3 is 2.25 bits per heavy atom. The predicted octanol–water partition coefficient (Wildman–Crippen LogP) is 5.50. The number of hydrogen-bond acceptors (Lipinski definition) is 5. The fraction of sp³-hybridized carbons (Fsp3) is 0.306. The number of nitrogens with one attached hydrogen (secondary N) is 2. The number of hydrogen-bond donors (Lipinski definition) is 3. The third-order valence-electron chi connectivity index (χ3n) is 9.72. The van der Waals surface area contributed by atoms with Gasteiger partial charge in [0.1, 0.15) is 6.04 Å². The molecule has 4 aromatic carbocycles. The van der Waals surface area contributed by atoms with Gasteiger partial charge in [0, 0.05) is 16.1 Å². The Labute approximate surface area is 261 Å². The number of anilines is 2. The molecule has 44 heavy (non-hydrogen) atoms. The van der Waals surface area contributed by atoms with Gasteiger partial charge in [-0.2, -0.15) is 0 Å². The smallest absolute Gasteiger partial charge is 0.248 e. The van der Waals surface area contributed by atoms with Crippen LogP contribution in [0.1, 0.15) is 25.3 Å². The van der Waals surface area contributed by atoms with Gasteiger partial charge in [0.05, 0.1) is 29.2 Å². The van der Waals surface area contributed by atoms with Crippen LogP contribution in [-0.4, -0.2) is 55.9 Å². The van der Waals surface area contributed by atoms with E-state index in [4.69, 9.17) is 0 Å². The van der Waals surface area contributed by atoms with Crippen molar-refractivity contribution in [1.82, 2.24) is 4.90 Å². The number of para-hydroxylation sites is 1. The first-order valence-corrected chi connectivity index (χ1v) is 16.0. The molecular weight excluding hydrogens is 570 g/mol. The van der Waals surface area contributed by atoms with Gasteiger partial charge in [0.15, 0.2) is 0 Å². The van der Waals surface area contributed by atoms with Crippen LogP contribution in [0.2, 0.25) is 0 Å². The summed E-state index contributed by atoms with van der Waals surface area (Å²) in [7, 11) is 0. The molecule has 3 saturated heterocycles. The minimum absolute atomic E-state index is 0.203. The van der Waals surface area contributed by atoms with E-state index in [-0.39, 0.29) is 24.3 Å². The summed E-state index contributed by atoms with van der Waals surface area (Å²) in [6.45, 7) is 1.76. The standard InChI is InChI=1S/C36H35N3O4S/c1-35-18-19-36(44-35)30(29(35)32(41)37-26-14-6-3-7-15-26)34(43)39(28(22-40)20-23-10-4-2-5-11-23)31(36)33(42)38-27-17-16-24-12-8-9-13-25(24)21-27/h2-17,21,28-31,40H,18-20,22H2,1H3,(H,37,41)(H,38,42)/t28-,29+,30+,31?,35-,36?/m1/s1. The fourth-order valence-electron chi connectivity index (χ4n) is 7.81. The minimum atomic E-state index is -0.853. The van der Waals surface area contributed by atoms with E-state index >= 15 is 0 Å². The zero-order chi connectivity index (χ0) is 30.5. The summed E-state index contributed by atoms with van der Waals surface area (Å²) in [5.74, 6) is -2.03. The Hall–Kier alpha value is -4.14. The number of carbonyl (C=O) groups is 3. The molecule has 3 N–H and O–H groups in total. The van der Waals surface area contributed by atoms with Gasteiger partial charge in [-0.25, -0.2) is 0 Å². The summed E-state index contributed by atoms with van der Waals surface area (Å²) in [4.78, 5) is 44.7. The van der Waals surface area contributed by atoms with E-state index in [9.17, 15) is 19.5 Å². The monoisotopic (exact) mass is 605 g/mol. The topological polar surface area (TPSA) is 98.7 Å². The molecule has 8 heteroatoms. The molecule has 3 amide bonds. The van der Waals surface area contributed by atoms with Crippen molar-refractivity contribution in [1.29, 1.82) is 0 Å². The Morgan fingerprint density at radius 2 is 1.52 bits per heavy atom. The Morgan fingerprint density at radius 1 is 0.864 bits per heavy atom. The van der Waals surface area contributed by atoms with E-state index in [0.717, 1.165) is 16.3 Å². The number of fused-ring (bicyclic) bond motifs is 2. The van der Waals surface area contributed by atoms with Crippen molar-refractivity contribution in [3.05, 3.63) is 109 Å². The first kappa shape index (κ1) is 28.6. The molecule has 4 aromatic rings. The summed E-state index contributed by atoms with van der Waals surface area (Å²) in [6, 6.07) is 31.2. The normalized spacial score (nSPS) is 27.7. The van der Waals surface area contributed by atoms with Crippen molar-refractivity contribution in [3.8, 4) is 0 Å². The van der Waals surface area contributed by atoms with Crippen molar-refractivity contribution in [2.75, 3.05) is 17.2 Å². The molecular formula is C36H35N3O4S. The highest BCUT2D eigenvalue weighted by Crippen LogP contribution is 2.71. The predicted molar refractivity (Wildman–Crippen MR) is 174 cm³/mol. The third-order valence-corrected chi connectivity index (χ3v) is 11.7. The first-order chi connectivity index (χ1) is 21.3. The summed E-state index contributed by atoms with van der Waals surface area (Å²) in [5, 5.41) is 19.0. The molecule has 3 fully saturated rings. The molecule has 2 unspecified atom stereocenters. The third kappa shape index (κ3) is 4.68. The van der Waals surface area contributed by atoms with Gasteiger partial charge in [-0.1, -0.05) is 78.9 Å². The number of aliphatic hydroxyl groups excluding tert-OH is 1. The van der Waals surface area contributed by atoms with Gasteiger partial charge in [0.2, 0.25) is 17.7 Å². The lowest BCUT2D eigenvalue weighted by Gasteiger charge is -2.37. The molecule has 3 heterocycles. The Kier molecular flexibility index (Phi) is 7.22. The molecule has 1 spiro atoms. The lowest BCUT2D eigenvalue weighted by molar-refractivity contribution is -0.141. The van der Waals surface area contributed by atoms with E-state index in [2.05, 4.69) is 17.6 Å². The molecule has 224 valence electrons. The number of thioether (sulfide) groups is 1. The van der Waals surface area contributed by atoms with Crippen molar-refractivity contribution in [2.45, 2.75) is 47.8 Å². The van der Waals surface area contributed by atoms with Crippen LogP contribution in [0, 0.1) is 11.8 Å². The van der Waals surface area contributed by atoms with Crippen molar-refractivity contribution in [3.63, 3.8) is 0 Å². The van der Waals surface area contributed by atoms with E-state index in [1.54, 1.807) is 16.7 Å². The largest absolute Gasteiger partial charge is 0.394 e. The molecule has 0 saturated carbocycles. The number of nitrogens with zero attached hydrogens (tertiary/aromatic N) is 1. The van der Waals surface area contributed by atoms with Gasteiger partial charge in [-0.3, -0.25) is 14.4 Å². The van der Waals surface area contributed by atoms with Crippen LogP contribution in [0.5, 0.6) is 0 Å². The highest BCUT2D eigenvalue weighted by molar-refractivity contribution is 8.02. The van der Waals surface area contributed by atoms with E-state index in [1.165, 1.54) is 0 Å². The maximum Gasteiger partial charge on any atom is 0.248 e. The quantitative estimate of drug-likeness (QED) is 0.246. The van der Waals surface area contributed by atoms with Gasteiger partial charge < -0.3 is 20.6 Å². The number of aliphatic hydroxyl groups is 1. The second-order valence-electron chi connectivity index (χ2n) is 12.4. The molecule has 7 rings (SSSR count). The molecule has 0 aromatic heterocycles. The lowest BCUT2D eigenvalue weighted by atomic mass is 9.66. The molecule has 0 radical (unpaired) electrons. The van der Waals surface area contributed by atoms with Crippen molar-refractivity contribution in [2.24, 2.45) is 11.8 Å². The summed E-state index contributed by atoms with van der Waals surface area (Å²) < 4.78 is -1.30. The van der Waals surface area contributed by atoms with Crippen molar-refractivity contribution < 1.29 is 19.5 Å². The molecule has 2 bridgehead atoms. The first-order valence-electron chi connectivity index (χ1n) is 15.2. The number of rotatable bonds is 8. The number of carbonyl (C=O) groups excluding carboxylic acids is 3. The Bertz CT molecular complexity index is 1730. The number of benzene rings is 4. The molecule has 7 nitrogen and oxygen atoms in total. The maximum absolute atomic E-state index is 14.7. The SMILES string of the molecule is C[C@]12CCC3(S1)C(C(=O)Nc1ccc4ccccc4c1)N([C@@H](CO)Cc1ccccc1)C(=O)[C@@H]3[C@H]2C(=O)Nc1ccccc1. The minimum Gasteiger partial charge on any atom is -0.394 e. The molecule has 3 aliphatic rings. The second-order valence-corrected chi connectivity index (χ2v) is 14.3. The summed E-state index contributed by atoms with van der Waals surface area (Å²) in [6.07, 6.45) is 1.74. The van der Waals surface area contributed by atoms with Crippen molar-refractivity contribution >= 4 is 51.6 Å². The highest BCUT2D eigenvalue weighted by atomic mass is 32.2. The summed E-state index contributed by atoms with van der Waals surface area (Å²) >= 11 is 1.62. The van der Waals surface area contributed by atoms with Gasteiger partial charge in [0.25, 0.3) is 0 Å². The zero-order valence-electron chi connectivity index (χ0n) is 24.5. The Balaban J connectivity index is 1.27. The average molecular weight is 606 g/mol. The summed E-state index contributed by atoms with van der Waals surface area (Å²) in [5.41, 5.74) is 2.28. The van der Waals surface area contributed by atoms with E-state index in [1.807, 2.05) is 103 Å². The van der Waals surface area contributed by atoms with E-state index in [0.29, 0.717) is 30.6 Å². The van der Waals surface area contributed by atoms with Crippen LogP contribution in [0.3, 0.4) is 0 Å². The highest BCUT2D eigenvalue weighted by Gasteiger charge is 2.77. The van der Waals surface area contributed by atoms with Crippen LogP contribution < -0.4 is 10.6 Å². The maximum atomic E-state index is 14.7. The molecule has 3 aliphatic heterocycles. The van der Waals surface area contributed by atoms with Crippen LogP contribution in [0.25, 0.3) is 10.8 Å². The number of amides is 3. The lowest BCUT2D eigenvalue weighted by Crippen LogP contribution is -2.55. The van der Waals surface area contributed by atoms with Crippen LogP contribution >= 0.6 is 11.8 Å². The zero-order valence-corrected chi connectivity index (χ0v) is 25.3. The van der Waals surface area contributed by atoms with Gasteiger partial charge >= 0.3 is 0 Å².